The highest BCUT2D eigenvalue weighted by molar-refractivity contribution is 5.82. The summed E-state index contributed by atoms with van der Waals surface area (Å²) in [5.41, 5.74) is 1.60. The van der Waals surface area contributed by atoms with Crippen LogP contribution in [0.25, 0.3) is 11.2 Å². The number of hydrogen-bond acceptors (Lipinski definition) is 5. The van der Waals surface area contributed by atoms with Crippen LogP contribution in [0, 0.1) is 11.8 Å². The highest BCUT2D eigenvalue weighted by Crippen LogP contribution is 2.27. The van der Waals surface area contributed by atoms with Gasteiger partial charge in [-0.05, 0) is 18.3 Å². The summed E-state index contributed by atoms with van der Waals surface area (Å²) < 4.78 is 1.69. The van der Waals surface area contributed by atoms with Crippen LogP contribution in [-0.2, 0) is 7.05 Å². The standard InChI is InChI=1S/C12H18N6/c1-8-4-9(2)6-18(5-8)12-10-11(13-7-14-12)17(3)16-15-10/h7-9H,4-6H2,1-3H3/t8-,9-/m1/s1. The molecule has 0 N–H and O–H groups in total. The molecule has 2 atom stereocenters. The smallest absolute Gasteiger partial charge is 0.183 e. The Morgan fingerprint density at radius 1 is 1.17 bits per heavy atom. The van der Waals surface area contributed by atoms with Crippen molar-refractivity contribution in [1.82, 2.24) is 25.0 Å². The van der Waals surface area contributed by atoms with E-state index in [1.807, 2.05) is 7.05 Å². The molecular weight excluding hydrogens is 228 g/mol. The molecule has 6 heteroatoms. The second kappa shape index (κ2) is 4.19. The third kappa shape index (κ3) is 1.81. The minimum atomic E-state index is 0.690. The van der Waals surface area contributed by atoms with Crippen molar-refractivity contribution < 1.29 is 0 Å². The molecule has 0 bridgehead atoms. The highest BCUT2D eigenvalue weighted by atomic mass is 15.4. The summed E-state index contributed by atoms with van der Waals surface area (Å²) in [5.74, 6) is 2.30. The molecule has 0 aromatic carbocycles. The predicted octanol–water partition coefficient (Wildman–Crippen LogP) is 1.24. The lowest BCUT2D eigenvalue weighted by molar-refractivity contribution is 0.355. The SMILES string of the molecule is C[C@@H]1C[C@@H](C)CN(c2ncnc3c2nnn3C)C1. The first-order valence-corrected chi connectivity index (χ1v) is 6.40. The van der Waals surface area contributed by atoms with E-state index < -0.39 is 0 Å². The Labute approximate surface area is 106 Å². The van der Waals surface area contributed by atoms with E-state index in [2.05, 4.69) is 39.0 Å². The zero-order chi connectivity index (χ0) is 12.7. The van der Waals surface area contributed by atoms with Crippen LogP contribution in [0.5, 0.6) is 0 Å². The monoisotopic (exact) mass is 246 g/mol. The molecule has 1 aliphatic rings. The Bertz CT molecular complexity index is 553. The van der Waals surface area contributed by atoms with Crippen LogP contribution >= 0.6 is 0 Å². The zero-order valence-electron chi connectivity index (χ0n) is 11.0. The summed E-state index contributed by atoms with van der Waals surface area (Å²) in [6.45, 7) is 6.65. The molecule has 6 nitrogen and oxygen atoms in total. The number of piperidine rings is 1. The van der Waals surface area contributed by atoms with Gasteiger partial charge < -0.3 is 4.90 Å². The van der Waals surface area contributed by atoms with Crippen molar-refractivity contribution in [1.29, 1.82) is 0 Å². The lowest BCUT2D eigenvalue weighted by atomic mass is 9.92. The van der Waals surface area contributed by atoms with Crippen molar-refractivity contribution in [3.05, 3.63) is 6.33 Å². The second-order valence-electron chi connectivity index (χ2n) is 5.43. The Hall–Kier alpha value is -1.72. The molecule has 18 heavy (non-hydrogen) atoms. The lowest BCUT2D eigenvalue weighted by Crippen LogP contribution is -2.39. The van der Waals surface area contributed by atoms with Crippen molar-refractivity contribution >= 4 is 17.0 Å². The van der Waals surface area contributed by atoms with E-state index >= 15 is 0 Å². The summed E-state index contributed by atoms with van der Waals surface area (Å²) in [6, 6.07) is 0. The van der Waals surface area contributed by atoms with Gasteiger partial charge in [0.1, 0.15) is 6.33 Å². The Balaban J connectivity index is 2.03. The Morgan fingerprint density at radius 2 is 1.89 bits per heavy atom. The minimum Gasteiger partial charge on any atom is -0.354 e. The molecule has 0 radical (unpaired) electrons. The molecule has 0 unspecified atom stereocenters. The molecule has 0 amide bonds. The molecule has 2 aromatic rings. The Kier molecular flexibility index (Phi) is 2.65. The quantitative estimate of drug-likeness (QED) is 0.757. The van der Waals surface area contributed by atoms with Crippen LogP contribution in [0.4, 0.5) is 5.82 Å². The minimum absolute atomic E-state index is 0.690. The van der Waals surface area contributed by atoms with Crippen molar-refractivity contribution in [3.63, 3.8) is 0 Å². The first kappa shape index (κ1) is 11.4. The molecule has 3 rings (SSSR count). The van der Waals surface area contributed by atoms with Crippen LogP contribution in [0.1, 0.15) is 20.3 Å². The highest BCUT2D eigenvalue weighted by Gasteiger charge is 2.25. The van der Waals surface area contributed by atoms with E-state index in [0.717, 1.165) is 30.1 Å². The lowest BCUT2D eigenvalue weighted by Gasteiger charge is -2.35. The fourth-order valence-corrected chi connectivity index (χ4v) is 2.91. The molecule has 2 aromatic heterocycles. The maximum absolute atomic E-state index is 4.41. The Morgan fingerprint density at radius 3 is 2.61 bits per heavy atom. The van der Waals surface area contributed by atoms with Gasteiger partial charge in [-0.25, -0.2) is 14.6 Å². The first-order chi connectivity index (χ1) is 8.65. The number of aryl methyl sites for hydroxylation is 1. The third-order valence-corrected chi connectivity index (χ3v) is 3.54. The largest absolute Gasteiger partial charge is 0.354 e. The van der Waals surface area contributed by atoms with Gasteiger partial charge in [0, 0.05) is 20.1 Å². The maximum Gasteiger partial charge on any atom is 0.183 e. The van der Waals surface area contributed by atoms with Gasteiger partial charge in [-0.1, -0.05) is 19.1 Å². The van der Waals surface area contributed by atoms with Gasteiger partial charge in [-0.3, -0.25) is 0 Å². The molecule has 0 spiro atoms. The van der Waals surface area contributed by atoms with Gasteiger partial charge in [-0.15, -0.1) is 5.10 Å². The number of aromatic nitrogens is 5. The average molecular weight is 246 g/mol. The van der Waals surface area contributed by atoms with E-state index in [-0.39, 0.29) is 0 Å². The van der Waals surface area contributed by atoms with Crippen LogP contribution in [-0.4, -0.2) is 38.1 Å². The normalized spacial score (nSPS) is 24.7. The number of fused-ring (bicyclic) bond motifs is 1. The molecule has 3 heterocycles. The van der Waals surface area contributed by atoms with Gasteiger partial charge in [0.25, 0.3) is 0 Å². The van der Waals surface area contributed by atoms with Crippen LogP contribution < -0.4 is 4.90 Å². The maximum atomic E-state index is 4.41. The van der Waals surface area contributed by atoms with Gasteiger partial charge in [0.15, 0.2) is 17.0 Å². The molecule has 96 valence electrons. The number of hydrogen-bond donors (Lipinski definition) is 0. The van der Waals surface area contributed by atoms with Crippen molar-refractivity contribution in [2.45, 2.75) is 20.3 Å². The summed E-state index contributed by atoms with van der Waals surface area (Å²) in [4.78, 5) is 11.0. The van der Waals surface area contributed by atoms with E-state index in [1.165, 1.54) is 6.42 Å². The van der Waals surface area contributed by atoms with Crippen molar-refractivity contribution in [2.75, 3.05) is 18.0 Å². The number of anilines is 1. The molecule has 1 fully saturated rings. The van der Waals surface area contributed by atoms with Gasteiger partial charge >= 0.3 is 0 Å². The molecule has 0 saturated carbocycles. The van der Waals surface area contributed by atoms with E-state index in [9.17, 15) is 0 Å². The van der Waals surface area contributed by atoms with Crippen molar-refractivity contribution in [3.8, 4) is 0 Å². The summed E-state index contributed by atoms with van der Waals surface area (Å²) in [5, 5.41) is 8.22. The van der Waals surface area contributed by atoms with E-state index in [1.54, 1.807) is 11.0 Å². The molecule has 1 saturated heterocycles. The second-order valence-corrected chi connectivity index (χ2v) is 5.43. The van der Waals surface area contributed by atoms with Crippen molar-refractivity contribution in [2.24, 2.45) is 18.9 Å². The van der Waals surface area contributed by atoms with E-state index in [0.29, 0.717) is 11.8 Å². The number of rotatable bonds is 1. The van der Waals surface area contributed by atoms with Crippen LogP contribution in [0.3, 0.4) is 0 Å². The summed E-state index contributed by atoms with van der Waals surface area (Å²) in [6.07, 6.45) is 2.89. The average Bonchev–Trinajstić information content (AvgIpc) is 2.70. The van der Waals surface area contributed by atoms with E-state index in [4.69, 9.17) is 0 Å². The van der Waals surface area contributed by atoms with Gasteiger partial charge in [-0.2, -0.15) is 0 Å². The summed E-state index contributed by atoms with van der Waals surface area (Å²) >= 11 is 0. The summed E-state index contributed by atoms with van der Waals surface area (Å²) in [7, 11) is 1.85. The molecule has 0 aliphatic carbocycles. The van der Waals surface area contributed by atoms with Crippen LogP contribution in [0.2, 0.25) is 0 Å². The molecular formula is C12H18N6. The van der Waals surface area contributed by atoms with Gasteiger partial charge in [0.05, 0.1) is 0 Å². The third-order valence-electron chi connectivity index (χ3n) is 3.54. The number of nitrogens with zero attached hydrogens (tertiary/aromatic N) is 6. The zero-order valence-corrected chi connectivity index (χ0v) is 11.0. The van der Waals surface area contributed by atoms with Gasteiger partial charge in [0.2, 0.25) is 0 Å². The first-order valence-electron chi connectivity index (χ1n) is 6.40. The fraction of sp³-hybridized carbons (Fsp3) is 0.667. The molecule has 1 aliphatic heterocycles. The topological polar surface area (TPSA) is 59.7 Å². The van der Waals surface area contributed by atoms with Crippen LogP contribution in [0.15, 0.2) is 6.33 Å². The predicted molar refractivity (Wildman–Crippen MR) is 69.3 cm³/mol. The fourth-order valence-electron chi connectivity index (χ4n) is 2.91.